The number of ether oxygens (including phenoxy) is 3. The predicted molar refractivity (Wildman–Crippen MR) is 141 cm³/mol. The van der Waals surface area contributed by atoms with Crippen LogP contribution in [0.5, 0.6) is 0 Å². The number of hydrogen-bond acceptors (Lipinski definition) is 9. The number of H-pyrrole nitrogens is 1. The number of aromatic nitrogens is 4. The molecular formula is C27H33N5O7. The Kier molecular flexibility index (Phi) is 8.14. The molecule has 0 saturated carbocycles. The standard InChI is InChI=1S/C27H33N5O7/c1-7-18-19(39-21(33)11-37-26(36)17-8-14(4)16(6)15(5)9-17)10-20(38-18)32-12-28-22-23(32)29-27(31-25(22)35)30-24(34)13(2)3/h8-9,12-13,18-20H,7,10-11H2,1-6H3,(H2,29,30,31,34,35). The lowest BCUT2D eigenvalue weighted by Crippen LogP contribution is -2.29. The molecule has 39 heavy (non-hydrogen) atoms. The molecule has 1 aliphatic rings. The minimum absolute atomic E-state index is 0.00162. The number of benzene rings is 1. The van der Waals surface area contributed by atoms with E-state index in [-0.39, 0.29) is 35.4 Å². The fourth-order valence-electron chi connectivity index (χ4n) is 4.38. The molecule has 1 aromatic carbocycles. The van der Waals surface area contributed by atoms with Crippen molar-refractivity contribution in [3.8, 4) is 0 Å². The van der Waals surface area contributed by atoms with Crippen molar-refractivity contribution < 1.29 is 28.6 Å². The monoisotopic (exact) mass is 539 g/mol. The lowest BCUT2D eigenvalue weighted by atomic mass is 10.0. The molecule has 0 bridgehead atoms. The third-order valence-corrected chi connectivity index (χ3v) is 6.86. The summed E-state index contributed by atoms with van der Waals surface area (Å²) in [6.07, 6.45) is 0.567. The van der Waals surface area contributed by atoms with Crippen molar-refractivity contribution in [2.24, 2.45) is 5.92 Å². The number of carbonyl (C=O) groups is 3. The van der Waals surface area contributed by atoms with Crippen LogP contribution in [0.3, 0.4) is 0 Å². The van der Waals surface area contributed by atoms with E-state index in [1.165, 1.54) is 6.33 Å². The molecule has 1 saturated heterocycles. The molecule has 3 heterocycles. The Hall–Kier alpha value is -4.06. The number of anilines is 1. The van der Waals surface area contributed by atoms with Crippen LogP contribution < -0.4 is 10.9 Å². The highest BCUT2D eigenvalue weighted by molar-refractivity contribution is 5.91. The lowest BCUT2D eigenvalue weighted by Gasteiger charge is -2.17. The molecule has 3 atom stereocenters. The molecular weight excluding hydrogens is 506 g/mol. The van der Waals surface area contributed by atoms with Gasteiger partial charge in [0.1, 0.15) is 12.3 Å². The summed E-state index contributed by atoms with van der Waals surface area (Å²) in [4.78, 5) is 60.7. The maximum Gasteiger partial charge on any atom is 0.344 e. The van der Waals surface area contributed by atoms with Crippen molar-refractivity contribution in [2.75, 3.05) is 11.9 Å². The molecule has 3 unspecified atom stereocenters. The second-order valence-corrected chi connectivity index (χ2v) is 10.00. The minimum atomic E-state index is -0.694. The molecule has 1 amide bonds. The summed E-state index contributed by atoms with van der Waals surface area (Å²) >= 11 is 0. The van der Waals surface area contributed by atoms with Gasteiger partial charge in [-0.15, -0.1) is 0 Å². The van der Waals surface area contributed by atoms with Gasteiger partial charge in [0.2, 0.25) is 11.9 Å². The minimum Gasteiger partial charge on any atom is -0.457 e. The molecule has 1 fully saturated rings. The normalized spacial score (nSPS) is 18.9. The smallest absolute Gasteiger partial charge is 0.344 e. The summed E-state index contributed by atoms with van der Waals surface area (Å²) in [7, 11) is 0. The van der Waals surface area contributed by atoms with Gasteiger partial charge in [-0.3, -0.25) is 24.5 Å². The highest BCUT2D eigenvalue weighted by Crippen LogP contribution is 2.34. The van der Waals surface area contributed by atoms with Crippen LogP contribution >= 0.6 is 0 Å². The van der Waals surface area contributed by atoms with Crippen molar-refractivity contribution in [3.05, 3.63) is 51.1 Å². The van der Waals surface area contributed by atoms with E-state index in [9.17, 15) is 19.2 Å². The summed E-state index contributed by atoms with van der Waals surface area (Å²) in [5, 5.41) is 2.58. The molecule has 1 aliphatic heterocycles. The molecule has 12 nitrogen and oxygen atoms in total. The van der Waals surface area contributed by atoms with Crippen molar-refractivity contribution >= 4 is 35.0 Å². The summed E-state index contributed by atoms with van der Waals surface area (Å²) in [6, 6.07) is 3.46. The Morgan fingerprint density at radius 1 is 1.21 bits per heavy atom. The zero-order valence-corrected chi connectivity index (χ0v) is 22.9. The first-order valence-electron chi connectivity index (χ1n) is 12.9. The number of aryl methyl sites for hydroxylation is 2. The number of nitrogens with one attached hydrogen (secondary N) is 2. The average molecular weight is 540 g/mol. The number of aromatic amines is 1. The van der Waals surface area contributed by atoms with Crippen molar-refractivity contribution in [3.63, 3.8) is 0 Å². The Balaban J connectivity index is 1.43. The van der Waals surface area contributed by atoms with Crippen LogP contribution in [-0.2, 0) is 23.8 Å². The van der Waals surface area contributed by atoms with Gasteiger partial charge >= 0.3 is 11.9 Å². The maximum atomic E-state index is 12.6. The molecule has 208 valence electrons. The van der Waals surface area contributed by atoms with E-state index >= 15 is 0 Å². The number of nitrogens with zero attached hydrogens (tertiary/aromatic N) is 3. The topological polar surface area (TPSA) is 154 Å². The van der Waals surface area contributed by atoms with Crippen LogP contribution in [0.4, 0.5) is 5.95 Å². The number of imidazole rings is 1. The first-order valence-corrected chi connectivity index (χ1v) is 12.9. The first-order chi connectivity index (χ1) is 18.5. The fraction of sp³-hybridized carbons (Fsp3) is 0.481. The van der Waals surface area contributed by atoms with Crippen LogP contribution in [0.25, 0.3) is 11.2 Å². The van der Waals surface area contributed by atoms with E-state index in [0.717, 1.165) is 16.7 Å². The van der Waals surface area contributed by atoms with Crippen LogP contribution in [-0.4, -0.2) is 56.2 Å². The predicted octanol–water partition coefficient (Wildman–Crippen LogP) is 3.11. The van der Waals surface area contributed by atoms with E-state index < -0.39 is 42.5 Å². The van der Waals surface area contributed by atoms with Crippen LogP contribution in [0, 0.1) is 26.7 Å². The van der Waals surface area contributed by atoms with Crippen molar-refractivity contribution in [2.45, 2.75) is 72.8 Å². The van der Waals surface area contributed by atoms with Gasteiger partial charge < -0.3 is 14.2 Å². The Bertz CT molecular complexity index is 1450. The van der Waals surface area contributed by atoms with Crippen molar-refractivity contribution in [1.82, 2.24) is 19.5 Å². The fourth-order valence-corrected chi connectivity index (χ4v) is 4.38. The number of carbonyl (C=O) groups excluding carboxylic acids is 3. The molecule has 4 rings (SSSR count). The highest BCUT2D eigenvalue weighted by atomic mass is 16.6. The Labute approximate surface area is 225 Å². The van der Waals surface area contributed by atoms with Crippen LogP contribution in [0.1, 0.15) is 66.9 Å². The molecule has 0 spiro atoms. The van der Waals surface area contributed by atoms with Gasteiger partial charge in [-0.05, 0) is 56.0 Å². The Morgan fingerprint density at radius 3 is 2.54 bits per heavy atom. The summed E-state index contributed by atoms with van der Waals surface area (Å²) in [5.74, 6) is -1.90. The quantitative estimate of drug-likeness (QED) is 0.411. The molecule has 2 N–H and O–H groups in total. The number of rotatable bonds is 8. The molecule has 0 aliphatic carbocycles. The summed E-state index contributed by atoms with van der Waals surface area (Å²) in [6.45, 7) is 10.6. The summed E-state index contributed by atoms with van der Waals surface area (Å²) in [5.41, 5.74) is 3.19. The molecule has 3 aromatic rings. The van der Waals surface area contributed by atoms with E-state index in [0.29, 0.717) is 12.0 Å². The number of esters is 2. The van der Waals surface area contributed by atoms with Crippen molar-refractivity contribution in [1.29, 1.82) is 0 Å². The zero-order chi connectivity index (χ0) is 28.4. The van der Waals surface area contributed by atoms with E-state index in [1.807, 2.05) is 27.7 Å². The van der Waals surface area contributed by atoms with E-state index in [1.54, 1.807) is 30.5 Å². The van der Waals surface area contributed by atoms with Gasteiger partial charge in [0.25, 0.3) is 5.56 Å². The van der Waals surface area contributed by atoms with E-state index in [4.69, 9.17) is 14.2 Å². The second-order valence-electron chi connectivity index (χ2n) is 10.00. The van der Waals surface area contributed by atoms with Gasteiger partial charge in [0, 0.05) is 12.3 Å². The van der Waals surface area contributed by atoms with Crippen LogP contribution in [0.2, 0.25) is 0 Å². The molecule has 0 radical (unpaired) electrons. The molecule has 2 aromatic heterocycles. The number of amides is 1. The van der Waals surface area contributed by atoms with Gasteiger partial charge in [-0.2, -0.15) is 4.98 Å². The average Bonchev–Trinajstić information content (AvgIpc) is 3.49. The van der Waals surface area contributed by atoms with Gasteiger partial charge in [-0.1, -0.05) is 20.8 Å². The second kappa shape index (κ2) is 11.4. The third-order valence-electron chi connectivity index (χ3n) is 6.86. The largest absolute Gasteiger partial charge is 0.457 e. The Morgan fingerprint density at radius 2 is 1.90 bits per heavy atom. The SMILES string of the molecule is CCC1OC(n2cnc3c(=O)[nH]c(NC(=O)C(C)C)nc32)CC1OC(=O)COC(=O)c1cc(C)c(C)c(C)c1. The van der Waals surface area contributed by atoms with Crippen LogP contribution in [0.15, 0.2) is 23.3 Å². The van der Waals surface area contributed by atoms with E-state index in [2.05, 4.69) is 20.3 Å². The van der Waals surface area contributed by atoms with Gasteiger partial charge in [0.15, 0.2) is 17.8 Å². The lowest BCUT2D eigenvalue weighted by molar-refractivity contribution is -0.155. The first kappa shape index (κ1) is 28.0. The van der Waals surface area contributed by atoms with Gasteiger partial charge in [0.05, 0.1) is 18.0 Å². The maximum absolute atomic E-state index is 12.6. The zero-order valence-electron chi connectivity index (χ0n) is 22.9. The molecule has 12 heteroatoms. The van der Waals surface area contributed by atoms with Gasteiger partial charge in [-0.25, -0.2) is 14.6 Å². The third kappa shape index (κ3) is 6.00. The highest BCUT2D eigenvalue weighted by Gasteiger charge is 2.39. The number of hydrogen-bond donors (Lipinski definition) is 2. The number of fused-ring (bicyclic) bond motifs is 1. The summed E-state index contributed by atoms with van der Waals surface area (Å²) < 4.78 is 18.5.